The van der Waals surface area contributed by atoms with Gasteiger partial charge in [-0.2, -0.15) is 0 Å². The first-order chi connectivity index (χ1) is 9.45. The fourth-order valence-electron chi connectivity index (χ4n) is 2.01. The van der Waals surface area contributed by atoms with Gasteiger partial charge >= 0.3 is 0 Å². The van der Waals surface area contributed by atoms with Crippen LogP contribution in [0.15, 0.2) is 47.4 Å². The predicted octanol–water partition coefficient (Wildman–Crippen LogP) is 2.13. The van der Waals surface area contributed by atoms with E-state index in [1.807, 2.05) is 24.3 Å². The number of fused-ring (bicyclic) bond motifs is 1. The summed E-state index contributed by atoms with van der Waals surface area (Å²) in [6.07, 6.45) is 0. The minimum Gasteiger partial charge on any atom is -0.396 e. The van der Waals surface area contributed by atoms with Crippen LogP contribution in [0.4, 0.5) is 0 Å². The SMILES string of the molecule is CC(CO)C(C)NS(=O)(=O)c1cccc2ccccc12. The van der Waals surface area contributed by atoms with Crippen molar-refractivity contribution in [2.45, 2.75) is 24.8 Å². The van der Waals surface area contributed by atoms with Crippen molar-refractivity contribution in [1.29, 1.82) is 0 Å². The second-order valence-corrected chi connectivity index (χ2v) is 6.73. The van der Waals surface area contributed by atoms with Crippen molar-refractivity contribution in [1.82, 2.24) is 4.72 Å². The van der Waals surface area contributed by atoms with E-state index in [4.69, 9.17) is 5.11 Å². The largest absolute Gasteiger partial charge is 0.396 e. The molecule has 2 unspecified atom stereocenters. The molecule has 108 valence electrons. The molecule has 0 aliphatic rings. The molecule has 2 atom stereocenters. The lowest BCUT2D eigenvalue weighted by atomic mass is 10.1. The second kappa shape index (κ2) is 5.91. The summed E-state index contributed by atoms with van der Waals surface area (Å²) in [6.45, 7) is 3.50. The molecule has 0 amide bonds. The highest BCUT2D eigenvalue weighted by atomic mass is 32.2. The van der Waals surface area contributed by atoms with Crippen molar-refractivity contribution >= 4 is 20.8 Å². The van der Waals surface area contributed by atoms with E-state index in [0.29, 0.717) is 5.39 Å². The van der Waals surface area contributed by atoms with Crippen LogP contribution in [-0.4, -0.2) is 26.2 Å². The third-order valence-corrected chi connectivity index (χ3v) is 5.14. The molecule has 2 aromatic rings. The van der Waals surface area contributed by atoms with E-state index in [-0.39, 0.29) is 23.5 Å². The maximum Gasteiger partial charge on any atom is 0.241 e. The Bertz CT molecular complexity index is 692. The highest BCUT2D eigenvalue weighted by molar-refractivity contribution is 7.89. The Hall–Kier alpha value is -1.43. The third kappa shape index (κ3) is 3.00. The van der Waals surface area contributed by atoms with Gasteiger partial charge in [-0.05, 0) is 24.3 Å². The van der Waals surface area contributed by atoms with Crippen LogP contribution in [0.2, 0.25) is 0 Å². The van der Waals surface area contributed by atoms with Crippen LogP contribution < -0.4 is 4.72 Å². The number of aliphatic hydroxyl groups excluding tert-OH is 1. The molecule has 0 heterocycles. The molecule has 0 bridgehead atoms. The van der Waals surface area contributed by atoms with E-state index in [2.05, 4.69) is 4.72 Å². The number of sulfonamides is 1. The van der Waals surface area contributed by atoms with E-state index < -0.39 is 10.0 Å². The topological polar surface area (TPSA) is 66.4 Å². The van der Waals surface area contributed by atoms with Crippen LogP contribution in [-0.2, 0) is 10.0 Å². The molecular formula is C15H19NO3S. The molecule has 0 fully saturated rings. The van der Waals surface area contributed by atoms with E-state index in [0.717, 1.165) is 5.39 Å². The number of benzene rings is 2. The fourth-order valence-corrected chi connectivity index (χ4v) is 3.59. The number of hydrogen-bond acceptors (Lipinski definition) is 3. The van der Waals surface area contributed by atoms with Gasteiger partial charge in [0.1, 0.15) is 0 Å². The summed E-state index contributed by atoms with van der Waals surface area (Å²) in [5.74, 6) is -0.139. The van der Waals surface area contributed by atoms with Gasteiger partial charge in [-0.25, -0.2) is 13.1 Å². The Kier molecular flexibility index (Phi) is 4.42. The lowest BCUT2D eigenvalue weighted by molar-refractivity contribution is 0.216. The Balaban J connectivity index is 2.42. The van der Waals surface area contributed by atoms with E-state index in [1.165, 1.54) is 0 Å². The lowest BCUT2D eigenvalue weighted by Gasteiger charge is -2.19. The molecule has 2 N–H and O–H groups in total. The first kappa shape index (κ1) is 15.0. The molecule has 2 rings (SSSR count). The molecule has 4 nitrogen and oxygen atoms in total. The van der Waals surface area contributed by atoms with E-state index >= 15 is 0 Å². The Morgan fingerprint density at radius 3 is 2.45 bits per heavy atom. The predicted molar refractivity (Wildman–Crippen MR) is 80.0 cm³/mol. The summed E-state index contributed by atoms with van der Waals surface area (Å²) >= 11 is 0. The summed E-state index contributed by atoms with van der Waals surface area (Å²) < 4.78 is 27.6. The normalized spacial score (nSPS) is 15.2. The molecule has 0 aliphatic heterocycles. The first-order valence-corrected chi connectivity index (χ1v) is 8.05. The van der Waals surface area contributed by atoms with Crippen LogP contribution in [0.25, 0.3) is 10.8 Å². The second-order valence-electron chi connectivity index (χ2n) is 5.05. The van der Waals surface area contributed by atoms with Crippen molar-refractivity contribution in [3.8, 4) is 0 Å². The van der Waals surface area contributed by atoms with Gasteiger partial charge in [0.15, 0.2) is 0 Å². The van der Waals surface area contributed by atoms with E-state index in [9.17, 15) is 8.42 Å². The highest BCUT2D eigenvalue weighted by Crippen LogP contribution is 2.23. The Morgan fingerprint density at radius 1 is 1.10 bits per heavy atom. The van der Waals surface area contributed by atoms with Crippen molar-refractivity contribution in [2.75, 3.05) is 6.61 Å². The van der Waals surface area contributed by atoms with Gasteiger partial charge in [0.05, 0.1) is 4.90 Å². The minimum atomic E-state index is -3.60. The summed E-state index contributed by atoms with van der Waals surface area (Å²) in [6, 6.07) is 12.3. The number of hydrogen-bond donors (Lipinski definition) is 2. The molecule has 0 spiro atoms. The summed E-state index contributed by atoms with van der Waals surface area (Å²) in [7, 11) is -3.60. The zero-order chi connectivity index (χ0) is 14.8. The van der Waals surface area contributed by atoms with E-state index in [1.54, 1.807) is 32.0 Å². The molecular weight excluding hydrogens is 274 g/mol. The van der Waals surface area contributed by atoms with Gasteiger partial charge in [0.25, 0.3) is 0 Å². The van der Waals surface area contributed by atoms with Gasteiger partial charge in [0, 0.05) is 18.0 Å². The number of aliphatic hydroxyl groups is 1. The van der Waals surface area contributed by atoms with Crippen molar-refractivity contribution < 1.29 is 13.5 Å². The molecule has 2 aromatic carbocycles. The molecule has 20 heavy (non-hydrogen) atoms. The standard InChI is InChI=1S/C15H19NO3S/c1-11(10-17)12(2)16-20(18,19)15-9-5-7-13-6-3-4-8-14(13)15/h3-9,11-12,16-17H,10H2,1-2H3. The summed E-state index contributed by atoms with van der Waals surface area (Å²) in [5, 5.41) is 10.7. The minimum absolute atomic E-state index is 0.0563. The molecule has 0 aliphatic carbocycles. The summed E-state index contributed by atoms with van der Waals surface area (Å²) in [5.41, 5.74) is 0. The van der Waals surface area contributed by atoms with Crippen LogP contribution in [0.5, 0.6) is 0 Å². The molecule has 0 aromatic heterocycles. The molecule has 0 saturated carbocycles. The quantitative estimate of drug-likeness (QED) is 0.887. The van der Waals surface area contributed by atoms with Gasteiger partial charge in [0.2, 0.25) is 10.0 Å². The zero-order valence-electron chi connectivity index (χ0n) is 11.6. The fraction of sp³-hybridized carbons (Fsp3) is 0.333. The maximum absolute atomic E-state index is 12.5. The zero-order valence-corrected chi connectivity index (χ0v) is 12.4. The average molecular weight is 293 g/mol. The number of rotatable bonds is 5. The number of nitrogens with one attached hydrogen (secondary N) is 1. The highest BCUT2D eigenvalue weighted by Gasteiger charge is 2.22. The monoisotopic (exact) mass is 293 g/mol. The first-order valence-electron chi connectivity index (χ1n) is 6.56. The third-order valence-electron chi connectivity index (χ3n) is 3.52. The van der Waals surface area contributed by atoms with Crippen LogP contribution in [0.1, 0.15) is 13.8 Å². The lowest BCUT2D eigenvalue weighted by Crippen LogP contribution is -2.38. The smallest absolute Gasteiger partial charge is 0.241 e. The summed E-state index contributed by atoms with van der Waals surface area (Å²) in [4.78, 5) is 0.271. The van der Waals surface area contributed by atoms with Crippen LogP contribution in [0, 0.1) is 5.92 Å². The van der Waals surface area contributed by atoms with Crippen LogP contribution in [0.3, 0.4) is 0 Å². The molecule has 5 heteroatoms. The van der Waals surface area contributed by atoms with Gasteiger partial charge < -0.3 is 5.11 Å². The Labute approximate surface area is 119 Å². The maximum atomic E-state index is 12.5. The average Bonchev–Trinajstić information content (AvgIpc) is 2.45. The van der Waals surface area contributed by atoms with Gasteiger partial charge in [-0.3, -0.25) is 0 Å². The van der Waals surface area contributed by atoms with Crippen molar-refractivity contribution in [3.63, 3.8) is 0 Å². The molecule has 0 radical (unpaired) electrons. The van der Waals surface area contributed by atoms with Gasteiger partial charge in [-0.1, -0.05) is 43.3 Å². The van der Waals surface area contributed by atoms with Crippen LogP contribution >= 0.6 is 0 Å². The van der Waals surface area contributed by atoms with Crippen molar-refractivity contribution in [3.05, 3.63) is 42.5 Å². The molecule has 0 saturated heterocycles. The Morgan fingerprint density at radius 2 is 1.75 bits per heavy atom. The van der Waals surface area contributed by atoms with Crippen molar-refractivity contribution in [2.24, 2.45) is 5.92 Å². The van der Waals surface area contributed by atoms with Gasteiger partial charge in [-0.15, -0.1) is 0 Å².